The first kappa shape index (κ1) is 22.2. The highest BCUT2D eigenvalue weighted by Gasteiger charge is 2.24. The van der Waals surface area contributed by atoms with Crippen molar-refractivity contribution in [3.63, 3.8) is 0 Å². The molecule has 0 aromatic heterocycles. The van der Waals surface area contributed by atoms with Crippen molar-refractivity contribution >= 4 is 15.4 Å². The molecule has 0 aliphatic heterocycles. The van der Waals surface area contributed by atoms with Crippen LogP contribution >= 0.6 is 0 Å². The van der Waals surface area contributed by atoms with Crippen molar-refractivity contribution in [1.82, 2.24) is 0 Å². The van der Waals surface area contributed by atoms with E-state index in [9.17, 15) is 8.42 Å². The molecule has 1 aromatic carbocycles. The summed E-state index contributed by atoms with van der Waals surface area (Å²) in [6, 6.07) is 4.74. The fraction of sp³-hybridized carbons (Fsp3) is 0.632. The smallest absolute Gasteiger partial charge is 0.374 e. The standard InChI is InChI=1S/C19H30N2O4S/c1-3-5-7-9-14-24-17-12-11-13-18(26(22,23)16-21-20)19(17)25-15-10-8-6-4-2/h11-13,16H,3-10,14-15H2,1-2H3. The molecule has 0 saturated carbocycles. The second-order valence-electron chi connectivity index (χ2n) is 6.17. The van der Waals surface area contributed by atoms with Crippen LogP contribution in [0.25, 0.3) is 5.53 Å². The molecule has 0 saturated heterocycles. The Kier molecular flexibility index (Phi) is 10.7. The van der Waals surface area contributed by atoms with Gasteiger partial charge in [-0.2, -0.15) is 4.79 Å². The van der Waals surface area contributed by atoms with Crippen LogP contribution in [-0.4, -0.2) is 32.0 Å². The van der Waals surface area contributed by atoms with Gasteiger partial charge in [0.25, 0.3) is 9.84 Å². The highest BCUT2D eigenvalue weighted by atomic mass is 32.2. The van der Waals surface area contributed by atoms with E-state index < -0.39 is 9.84 Å². The number of nitrogens with zero attached hydrogens (tertiary/aromatic N) is 2. The first-order valence-electron chi connectivity index (χ1n) is 9.38. The van der Waals surface area contributed by atoms with Gasteiger partial charge in [-0.25, -0.2) is 8.42 Å². The van der Waals surface area contributed by atoms with E-state index in [0.29, 0.717) is 24.5 Å². The number of sulfone groups is 1. The lowest BCUT2D eigenvalue weighted by atomic mass is 10.2. The number of para-hydroxylation sites is 1. The van der Waals surface area contributed by atoms with Crippen molar-refractivity contribution in [2.45, 2.75) is 70.1 Å². The van der Waals surface area contributed by atoms with Gasteiger partial charge in [-0.05, 0) is 25.0 Å². The van der Waals surface area contributed by atoms with E-state index in [1.54, 1.807) is 12.1 Å². The quantitative estimate of drug-likeness (QED) is 0.154. The van der Waals surface area contributed by atoms with E-state index in [2.05, 4.69) is 18.6 Å². The van der Waals surface area contributed by atoms with Gasteiger partial charge in [0.05, 0.1) is 13.2 Å². The fourth-order valence-electron chi connectivity index (χ4n) is 2.51. The van der Waals surface area contributed by atoms with Gasteiger partial charge in [0.1, 0.15) is 4.90 Å². The summed E-state index contributed by atoms with van der Waals surface area (Å²) >= 11 is 0. The molecule has 0 aliphatic rings. The maximum Gasteiger partial charge on any atom is 0.374 e. The summed E-state index contributed by atoms with van der Waals surface area (Å²) in [6.07, 6.45) is 8.35. The van der Waals surface area contributed by atoms with E-state index in [-0.39, 0.29) is 10.6 Å². The van der Waals surface area contributed by atoms with Crippen molar-refractivity contribution in [3.8, 4) is 11.5 Å². The first-order chi connectivity index (χ1) is 12.6. The van der Waals surface area contributed by atoms with Crippen LogP contribution in [0.1, 0.15) is 65.2 Å². The third kappa shape index (κ3) is 7.58. The zero-order chi connectivity index (χ0) is 19.3. The number of ether oxygens (including phenoxy) is 2. The lowest BCUT2D eigenvalue weighted by Crippen LogP contribution is -2.09. The molecule has 0 N–H and O–H groups in total. The molecular weight excluding hydrogens is 352 g/mol. The van der Waals surface area contributed by atoms with Crippen LogP contribution < -0.4 is 9.47 Å². The normalized spacial score (nSPS) is 11.0. The third-order valence-electron chi connectivity index (χ3n) is 3.93. The number of benzene rings is 1. The molecule has 0 spiro atoms. The Hall–Kier alpha value is -1.85. The number of hydrogen-bond acceptors (Lipinski definition) is 4. The molecular formula is C19H30N2O4S. The summed E-state index contributed by atoms with van der Waals surface area (Å²) in [5, 5.41) is 0. The summed E-state index contributed by atoms with van der Waals surface area (Å²) in [7, 11) is -3.90. The van der Waals surface area contributed by atoms with Crippen LogP contribution in [0.2, 0.25) is 0 Å². The van der Waals surface area contributed by atoms with Gasteiger partial charge in [0, 0.05) is 0 Å². The van der Waals surface area contributed by atoms with Crippen LogP contribution in [0.5, 0.6) is 11.5 Å². The van der Waals surface area contributed by atoms with Gasteiger partial charge in [-0.15, -0.1) is 0 Å². The predicted molar refractivity (Wildman–Crippen MR) is 103 cm³/mol. The first-order valence-corrected chi connectivity index (χ1v) is 10.9. The van der Waals surface area contributed by atoms with Crippen LogP contribution in [0.3, 0.4) is 0 Å². The Morgan fingerprint density at radius 1 is 0.962 bits per heavy atom. The van der Waals surface area contributed by atoms with Crippen molar-refractivity contribution in [2.24, 2.45) is 0 Å². The van der Waals surface area contributed by atoms with E-state index >= 15 is 0 Å². The Bertz CT molecular complexity index is 683. The second kappa shape index (κ2) is 12.5. The van der Waals surface area contributed by atoms with Gasteiger partial charge < -0.3 is 15.0 Å². The molecule has 26 heavy (non-hydrogen) atoms. The third-order valence-corrected chi connectivity index (χ3v) is 5.24. The highest BCUT2D eigenvalue weighted by Crippen LogP contribution is 2.35. The molecule has 1 aromatic rings. The second-order valence-corrected chi connectivity index (χ2v) is 7.91. The fourth-order valence-corrected chi connectivity index (χ4v) is 3.43. The number of rotatable bonds is 14. The molecule has 0 fully saturated rings. The minimum Gasteiger partial charge on any atom is -0.490 e. The molecule has 146 valence electrons. The Morgan fingerprint density at radius 3 is 2.15 bits per heavy atom. The minimum atomic E-state index is -3.90. The van der Waals surface area contributed by atoms with Gasteiger partial charge >= 0.3 is 5.55 Å². The van der Waals surface area contributed by atoms with Crippen LogP contribution in [0, 0.1) is 0 Å². The molecule has 6 nitrogen and oxygen atoms in total. The average Bonchev–Trinajstić information content (AvgIpc) is 2.62. The lowest BCUT2D eigenvalue weighted by molar-refractivity contribution is 0.00752. The summed E-state index contributed by atoms with van der Waals surface area (Å²) < 4.78 is 36.2. The Labute approximate surface area is 157 Å². The minimum absolute atomic E-state index is 0.0446. The molecule has 0 aliphatic carbocycles. The van der Waals surface area contributed by atoms with E-state index in [1.165, 1.54) is 6.07 Å². The van der Waals surface area contributed by atoms with E-state index in [4.69, 9.17) is 15.0 Å². The Morgan fingerprint density at radius 2 is 1.58 bits per heavy atom. The van der Waals surface area contributed by atoms with Gasteiger partial charge in [-0.3, -0.25) is 0 Å². The molecule has 0 amide bonds. The van der Waals surface area contributed by atoms with Gasteiger partial charge in [0.15, 0.2) is 11.5 Å². The Balaban J connectivity index is 2.94. The van der Waals surface area contributed by atoms with Crippen LogP contribution in [0.15, 0.2) is 23.1 Å². The molecule has 7 heteroatoms. The van der Waals surface area contributed by atoms with Crippen molar-refractivity contribution in [2.75, 3.05) is 13.2 Å². The van der Waals surface area contributed by atoms with Gasteiger partial charge in [0.2, 0.25) is 0 Å². The molecule has 0 bridgehead atoms. The largest absolute Gasteiger partial charge is 0.490 e. The van der Waals surface area contributed by atoms with E-state index in [1.807, 2.05) is 0 Å². The van der Waals surface area contributed by atoms with Crippen molar-refractivity contribution in [3.05, 3.63) is 23.7 Å². The van der Waals surface area contributed by atoms with Crippen LogP contribution in [0.4, 0.5) is 0 Å². The summed E-state index contributed by atoms with van der Waals surface area (Å²) in [6.45, 7) is 5.18. The SMILES string of the molecule is CCCCCCOc1cccc(S(=O)(=O)C=[N+]=[N-])c1OCCCCCC. The van der Waals surface area contributed by atoms with Crippen molar-refractivity contribution < 1.29 is 22.7 Å². The average molecular weight is 383 g/mol. The maximum absolute atomic E-state index is 12.3. The molecule has 0 unspecified atom stereocenters. The molecule has 0 atom stereocenters. The lowest BCUT2D eigenvalue weighted by Gasteiger charge is -2.15. The summed E-state index contributed by atoms with van der Waals surface area (Å²) in [5.74, 6) is 0.601. The molecule has 0 radical (unpaired) electrons. The summed E-state index contributed by atoms with van der Waals surface area (Å²) in [4.78, 5) is 2.62. The van der Waals surface area contributed by atoms with Gasteiger partial charge in [-0.1, -0.05) is 58.4 Å². The zero-order valence-electron chi connectivity index (χ0n) is 15.8. The highest BCUT2D eigenvalue weighted by molar-refractivity contribution is 8.04. The molecule has 0 heterocycles. The molecule has 1 rings (SSSR count). The van der Waals surface area contributed by atoms with Crippen molar-refractivity contribution in [1.29, 1.82) is 0 Å². The maximum atomic E-state index is 12.3. The number of unbranched alkanes of at least 4 members (excludes halogenated alkanes) is 6. The summed E-state index contributed by atoms with van der Waals surface area (Å²) in [5.41, 5.74) is 9.15. The monoisotopic (exact) mass is 382 g/mol. The topological polar surface area (TPSA) is 89.0 Å². The number of hydrogen-bond donors (Lipinski definition) is 0. The zero-order valence-corrected chi connectivity index (χ0v) is 16.6. The van der Waals surface area contributed by atoms with Crippen LogP contribution in [-0.2, 0) is 9.84 Å². The predicted octanol–water partition coefficient (Wildman–Crippen LogP) is 4.64. The van der Waals surface area contributed by atoms with E-state index in [0.717, 1.165) is 51.4 Å².